The molecule has 1 aromatic carbocycles. The van der Waals surface area contributed by atoms with Crippen molar-refractivity contribution < 1.29 is 14.3 Å². The summed E-state index contributed by atoms with van der Waals surface area (Å²) in [4.78, 5) is 11.3. The Kier molecular flexibility index (Phi) is 5.66. The van der Waals surface area contributed by atoms with Crippen LogP contribution in [0.3, 0.4) is 0 Å². The summed E-state index contributed by atoms with van der Waals surface area (Å²) in [6, 6.07) is 4.18. The van der Waals surface area contributed by atoms with Crippen molar-refractivity contribution in [3.8, 4) is 5.75 Å². The molecule has 0 aromatic heterocycles. The molecule has 18 heavy (non-hydrogen) atoms. The van der Waals surface area contributed by atoms with E-state index in [1.54, 1.807) is 7.11 Å². The highest BCUT2D eigenvalue weighted by molar-refractivity contribution is 9.09. The zero-order valence-electron chi connectivity index (χ0n) is 11.2. The molecule has 0 N–H and O–H groups in total. The van der Waals surface area contributed by atoms with Crippen LogP contribution in [0.2, 0.25) is 0 Å². The van der Waals surface area contributed by atoms with Crippen molar-refractivity contribution in [3.63, 3.8) is 0 Å². The van der Waals surface area contributed by atoms with Gasteiger partial charge in [-0.2, -0.15) is 0 Å². The van der Waals surface area contributed by atoms with Gasteiger partial charge in [-0.15, -0.1) is 0 Å². The van der Waals surface area contributed by atoms with Gasteiger partial charge in [0, 0.05) is 4.83 Å². The number of hydrogen-bond acceptors (Lipinski definition) is 3. The van der Waals surface area contributed by atoms with Crippen molar-refractivity contribution in [2.45, 2.75) is 31.5 Å². The van der Waals surface area contributed by atoms with Gasteiger partial charge in [-0.05, 0) is 31.4 Å². The lowest BCUT2D eigenvalue weighted by atomic mass is 10.0. The maximum absolute atomic E-state index is 11.2. The van der Waals surface area contributed by atoms with Crippen LogP contribution in [-0.4, -0.2) is 25.0 Å². The van der Waals surface area contributed by atoms with Crippen molar-refractivity contribution in [2.75, 3.05) is 14.2 Å². The molecule has 0 saturated heterocycles. The van der Waals surface area contributed by atoms with E-state index in [2.05, 4.69) is 39.7 Å². The second kappa shape index (κ2) is 6.78. The summed E-state index contributed by atoms with van der Waals surface area (Å²) in [5.74, 6) is 0.690. The number of carbonyl (C=O) groups is 1. The van der Waals surface area contributed by atoms with Gasteiger partial charge < -0.3 is 9.47 Å². The highest BCUT2D eigenvalue weighted by atomic mass is 79.9. The highest BCUT2D eigenvalue weighted by Crippen LogP contribution is 2.28. The largest absolute Gasteiger partial charge is 0.496 e. The van der Waals surface area contributed by atoms with Crippen LogP contribution in [0.5, 0.6) is 5.75 Å². The van der Waals surface area contributed by atoms with Crippen LogP contribution in [0, 0.1) is 13.8 Å². The molecule has 3 nitrogen and oxygen atoms in total. The maximum Gasteiger partial charge on any atom is 0.306 e. The SMILES string of the molecule is COC(=O)CC(Br)Cc1cc(C)cc(C)c1OC. The Morgan fingerprint density at radius 2 is 2.00 bits per heavy atom. The molecule has 1 atom stereocenters. The molecule has 0 saturated carbocycles. The third-order valence-electron chi connectivity index (χ3n) is 2.76. The Morgan fingerprint density at radius 1 is 1.33 bits per heavy atom. The summed E-state index contributed by atoms with van der Waals surface area (Å²) < 4.78 is 10.1. The van der Waals surface area contributed by atoms with Gasteiger partial charge in [0.05, 0.1) is 20.6 Å². The van der Waals surface area contributed by atoms with Crippen molar-refractivity contribution in [1.29, 1.82) is 0 Å². The molecular formula is C14H19BrO3. The van der Waals surface area contributed by atoms with Crippen LogP contribution in [0.15, 0.2) is 12.1 Å². The number of hydrogen-bond donors (Lipinski definition) is 0. The average Bonchev–Trinajstić information content (AvgIpc) is 2.28. The quantitative estimate of drug-likeness (QED) is 0.618. The topological polar surface area (TPSA) is 35.5 Å². The Morgan fingerprint density at radius 3 is 2.56 bits per heavy atom. The number of ether oxygens (including phenoxy) is 2. The fourth-order valence-corrected chi connectivity index (χ4v) is 2.67. The molecule has 0 bridgehead atoms. The van der Waals surface area contributed by atoms with E-state index in [-0.39, 0.29) is 10.8 Å². The van der Waals surface area contributed by atoms with E-state index in [0.29, 0.717) is 6.42 Å². The monoisotopic (exact) mass is 314 g/mol. The van der Waals surface area contributed by atoms with Gasteiger partial charge in [-0.1, -0.05) is 33.6 Å². The van der Waals surface area contributed by atoms with E-state index < -0.39 is 0 Å². The minimum Gasteiger partial charge on any atom is -0.496 e. The van der Waals surface area contributed by atoms with Gasteiger partial charge in [-0.25, -0.2) is 0 Å². The maximum atomic E-state index is 11.2. The molecule has 0 aliphatic carbocycles. The molecule has 1 unspecified atom stereocenters. The molecular weight excluding hydrogens is 296 g/mol. The highest BCUT2D eigenvalue weighted by Gasteiger charge is 2.15. The van der Waals surface area contributed by atoms with Crippen LogP contribution in [0.25, 0.3) is 0 Å². The molecule has 0 aliphatic rings. The number of rotatable bonds is 5. The predicted molar refractivity (Wildman–Crippen MR) is 75.5 cm³/mol. The van der Waals surface area contributed by atoms with Crippen LogP contribution < -0.4 is 4.74 Å². The van der Waals surface area contributed by atoms with Crippen LogP contribution >= 0.6 is 15.9 Å². The molecule has 0 amide bonds. The average molecular weight is 315 g/mol. The van der Waals surface area contributed by atoms with Crippen LogP contribution in [0.1, 0.15) is 23.1 Å². The third kappa shape index (κ3) is 4.02. The summed E-state index contributed by atoms with van der Waals surface area (Å²) in [7, 11) is 3.07. The molecule has 0 aliphatic heterocycles. The van der Waals surface area contributed by atoms with Gasteiger partial charge in [-0.3, -0.25) is 4.79 Å². The number of aryl methyl sites for hydroxylation is 2. The second-order valence-corrected chi connectivity index (χ2v) is 5.65. The van der Waals surface area contributed by atoms with E-state index in [1.807, 2.05) is 6.92 Å². The first-order valence-corrected chi connectivity index (χ1v) is 6.74. The smallest absolute Gasteiger partial charge is 0.306 e. The molecule has 1 rings (SSSR count). The number of carbonyl (C=O) groups excluding carboxylic acids is 1. The van der Waals surface area contributed by atoms with Gasteiger partial charge >= 0.3 is 5.97 Å². The van der Waals surface area contributed by atoms with E-state index in [4.69, 9.17) is 4.74 Å². The summed E-state index contributed by atoms with van der Waals surface area (Å²) in [5.41, 5.74) is 3.42. The first-order chi connectivity index (χ1) is 8.47. The van der Waals surface area contributed by atoms with Crippen molar-refractivity contribution in [1.82, 2.24) is 0 Å². The van der Waals surface area contributed by atoms with Gasteiger partial charge in [0.15, 0.2) is 0 Å². The van der Waals surface area contributed by atoms with Crippen molar-refractivity contribution in [3.05, 3.63) is 28.8 Å². The van der Waals surface area contributed by atoms with Crippen LogP contribution in [0.4, 0.5) is 0 Å². The molecule has 1 aromatic rings. The van der Waals surface area contributed by atoms with Crippen molar-refractivity contribution in [2.24, 2.45) is 0 Å². The van der Waals surface area contributed by atoms with E-state index in [1.165, 1.54) is 12.7 Å². The summed E-state index contributed by atoms with van der Waals surface area (Å²) in [6.45, 7) is 4.08. The fourth-order valence-electron chi connectivity index (χ4n) is 2.06. The Hall–Kier alpha value is -1.03. The fraction of sp³-hybridized carbons (Fsp3) is 0.500. The summed E-state index contributed by atoms with van der Waals surface area (Å²) >= 11 is 3.51. The lowest BCUT2D eigenvalue weighted by molar-refractivity contribution is -0.140. The lowest BCUT2D eigenvalue weighted by Gasteiger charge is -2.15. The summed E-state index contributed by atoms with van der Waals surface area (Å²) in [5, 5.41) is 0. The van der Waals surface area contributed by atoms with Gasteiger partial charge in [0.25, 0.3) is 0 Å². The number of esters is 1. The number of alkyl halides is 1. The van der Waals surface area contributed by atoms with Gasteiger partial charge in [0.1, 0.15) is 5.75 Å². The molecule has 0 spiro atoms. The Bertz CT molecular complexity index is 429. The van der Waals surface area contributed by atoms with E-state index in [9.17, 15) is 4.79 Å². The Labute approximate surface area is 117 Å². The van der Waals surface area contributed by atoms with E-state index in [0.717, 1.165) is 23.3 Å². The first kappa shape index (κ1) is 15.0. The number of benzene rings is 1. The number of halogens is 1. The van der Waals surface area contributed by atoms with E-state index >= 15 is 0 Å². The first-order valence-electron chi connectivity index (χ1n) is 5.83. The molecule has 4 heteroatoms. The number of methoxy groups -OCH3 is 2. The molecule has 0 fully saturated rings. The molecule has 0 radical (unpaired) electrons. The minimum atomic E-state index is -0.208. The lowest BCUT2D eigenvalue weighted by Crippen LogP contribution is -2.12. The normalized spacial score (nSPS) is 12.1. The standard InChI is InChI=1S/C14H19BrO3/c1-9-5-10(2)14(18-4)11(6-9)7-12(15)8-13(16)17-3/h5-6,12H,7-8H2,1-4H3. The third-order valence-corrected chi connectivity index (χ3v) is 3.40. The van der Waals surface area contributed by atoms with Crippen molar-refractivity contribution >= 4 is 21.9 Å². The molecule has 0 heterocycles. The Balaban J connectivity index is 2.86. The molecule has 100 valence electrons. The van der Waals surface area contributed by atoms with Crippen LogP contribution in [-0.2, 0) is 16.0 Å². The predicted octanol–water partition coefficient (Wildman–Crippen LogP) is 3.18. The zero-order valence-corrected chi connectivity index (χ0v) is 12.8. The van der Waals surface area contributed by atoms with Gasteiger partial charge in [0.2, 0.25) is 0 Å². The minimum absolute atomic E-state index is 0.0556. The summed E-state index contributed by atoms with van der Waals surface area (Å²) in [6.07, 6.45) is 1.09. The second-order valence-electron chi connectivity index (χ2n) is 4.36. The zero-order chi connectivity index (χ0) is 13.7.